The highest BCUT2D eigenvalue weighted by Gasteiger charge is 2.38. The minimum absolute atomic E-state index is 0.0987. The van der Waals surface area contributed by atoms with Crippen molar-refractivity contribution < 1.29 is 9.47 Å². The van der Waals surface area contributed by atoms with Gasteiger partial charge in [-0.1, -0.05) is 97.1 Å². The second-order valence-corrected chi connectivity index (χ2v) is 7.64. The Bertz CT molecular complexity index is 1100. The van der Waals surface area contributed by atoms with Crippen molar-refractivity contribution in [3.63, 3.8) is 0 Å². The van der Waals surface area contributed by atoms with Crippen LogP contribution in [0, 0.1) is 0 Å². The number of benzene rings is 4. The molecule has 2 heteroatoms. The highest BCUT2D eigenvalue weighted by Crippen LogP contribution is 2.50. The first-order valence-corrected chi connectivity index (χ1v) is 10.3. The van der Waals surface area contributed by atoms with E-state index in [1.165, 1.54) is 22.3 Å². The summed E-state index contributed by atoms with van der Waals surface area (Å²) in [6.07, 6.45) is -0.201. The fourth-order valence-corrected chi connectivity index (χ4v) is 4.46. The van der Waals surface area contributed by atoms with E-state index in [2.05, 4.69) is 91.0 Å². The summed E-state index contributed by atoms with van der Waals surface area (Å²) in [4.78, 5) is 0. The van der Waals surface area contributed by atoms with Gasteiger partial charge in [0.25, 0.3) is 0 Å². The third kappa shape index (κ3) is 3.40. The first-order chi connectivity index (χ1) is 14.8. The van der Waals surface area contributed by atoms with Gasteiger partial charge in [-0.05, 0) is 39.9 Å². The summed E-state index contributed by atoms with van der Waals surface area (Å²) in [5.41, 5.74) is 6.15. The lowest BCUT2D eigenvalue weighted by Crippen LogP contribution is -2.26. The molecule has 0 unspecified atom stereocenters. The molecule has 4 aromatic carbocycles. The molecular formula is C28H24O2. The largest absolute Gasteiger partial charge is 0.497 e. The molecule has 0 saturated heterocycles. The third-order valence-corrected chi connectivity index (χ3v) is 5.90. The van der Waals surface area contributed by atoms with Crippen LogP contribution in [-0.4, -0.2) is 7.11 Å². The summed E-state index contributed by atoms with van der Waals surface area (Å²) in [5, 5.41) is 0. The monoisotopic (exact) mass is 392 g/mol. The molecule has 0 saturated carbocycles. The predicted molar refractivity (Wildman–Crippen MR) is 120 cm³/mol. The molecule has 148 valence electrons. The summed E-state index contributed by atoms with van der Waals surface area (Å²) >= 11 is 0. The standard InChI is InChI=1S/C28H24O2/c1-29-23-18-16-22(17-19-23)28-26(20-10-4-2-5-11-20)24-14-8-9-15-25(24)27(30-28)21-12-6-3-7-13-21/h2-19,26-28H,1H3/t26-,27+,28-/m0/s1. The first-order valence-electron chi connectivity index (χ1n) is 10.3. The molecule has 0 N–H and O–H groups in total. The van der Waals surface area contributed by atoms with Gasteiger partial charge in [0.2, 0.25) is 0 Å². The lowest BCUT2D eigenvalue weighted by atomic mass is 9.77. The van der Waals surface area contributed by atoms with Crippen LogP contribution in [0.3, 0.4) is 0 Å². The molecule has 0 spiro atoms. The number of hydrogen-bond acceptors (Lipinski definition) is 2. The molecule has 1 aliphatic heterocycles. The minimum atomic E-state index is -0.102. The van der Waals surface area contributed by atoms with Crippen LogP contribution in [0.2, 0.25) is 0 Å². The topological polar surface area (TPSA) is 18.5 Å². The molecular weight excluding hydrogens is 368 g/mol. The first kappa shape index (κ1) is 18.7. The molecule has 4 aromatic rings. The average Bonchev–Trinajstić information content (AvgIpc) is 2.84. The van der Waals surface area contributed by atoms with E-state index in [1.807, 2.05) is 18.2 Å². The van der Waals surface area contributed by atoms with Crippen LogP contribution in [0.1, 0.15) is 45.9 Å². The van der Waals surface area contributed by atoms with E-state index in [9.17, 15) is 0 Å². The fourth-order valence-electron chi connectivity index (χ4n) is 4.46. The second-order valence-electron chi connectivity index (χ2n) is 7.64. The van der Waals surface area contributed by atoms with Crippen molar-refractivity contribution >= 4 is 0 Å². The lowest BCUT2D eigenvalue weighted by molar-refractivity contribution is -0.0166. The van der Waals surface area contributed by atoms with Crippen LogP contribution < -0.4 is 4.74 Å². The third-order valence-electron chi connectivity index (χ3n) is 5.90. The predicted octanol–water partition coefficient (Wildman–Crippen LogP) is 6.69. The molecule has 5 rings (SSSR count). The zero-order valence-corrected chi connectivity index (χ0v) is 16.9. The van der Waals surface area contributed by atoms with Crippen LogP contribution in [0.4, 0.5) is 0 Å². The number of ether oxygens (including phenoxy) is 2. The van der Waals surface area contributed by atoms with Crippen molar-refractivity contribution in [3.05, 3.63) is 137 Å². The van der Waals surface area contributed by atoms with Gasteiger partial charge in [0.1, 0.15) is 11.9 Å². The van der Waals surface area contributed by atoms with Crippen LogP contribution in [0.15, 0.2) is 109 Å². The van der Waals surface area contributed by atoms with E-state index in [0.717, 1.165) is 11.3 Å². The van der Waals surface area contributed by atoms with E-state index in [-0.39, 0.29) is 18.1 Å². The molecule has 0 bridgehead atoms. The van der Waals surface area contributed by atoms with Gasteiger partial charge in [-0.3, -0.25) is 0 Å². The van der Waals surface area contributed by atoms with E-state index in [1.54, 1.807) is 7.11 Å². The van der Waals surface area contributed by atoms with Gasteiger partial charge in [0.15, 0.2) is 0 Å². The van der Waals surface area contributed by atoms with E-state index >= 15 is 0 Å². The van der Waals surface area contributed by atoms with Gasteiger partial charge in [0.05, 0.1) is 13.2 Å². The summed E-state index contributed by atoms with van der Waals surface area (Å²) < 4.78 is 12.3. The Morgan fingerprint density at radius 1 is 0.567 bits per heavy atom. The highest BCUT2D eigenvalue weighted by atomic mass is 16.5. The van der Waals surface area contributed by atoms with Crippen LogP contribution in [0.25, 0.3) is 0 Å². The zero-order chi connectivity index (χ0) is 20.3. The van der Waals surface area contributed by atoms with Crippen molar-refractivity contribution in [1.29, 1.82) is 0 Å². The Hall–Kier alpha value is -3.36. The van der Waals surface area contributed by atoms with Gasteiger partial charge in [-0.25, -0.2) is 0 Å². The maximum absolute atomic E-state index is 6.88. The van der Waals surface area contributed by atoms with Crippen molar-refractivity contribution in [2.45, 2.75) is 18.1 Å². The lowest BCUT2D eigenvalue weighted by Gasteiger charge is -2.39. The van der Waals surface area contributed by atoms with Crippen molar-refractivity contribution in [3.8, 4) is 5.75 Å². The second kappa shape index (κ2) is 8.17. The van der Waals surface area contributed by atoms with Crippen LogP contribution in [-0.2, 0) is 4.74 Å². The molecule has 1 heterocycles. The normalized spacial score (nSPS) is 20.4. The molecule has 1 aliphatic rings. The Labute approximate surface area is 177 Å². The molecule has 0 fully saturated rings. The Balaban J connectivity index is 1.68. The van der Waals surface area contributed by atoms with Crippen LogP contribution >= 0.6 is 0 Å². The van der Waals surface area contributed by atoms with Crippen LogP contribution in [0.5, 0.6) is 5.75 Å². The van der Waals surface area contributed by atoms with E-state index in [0.29, 0.717) is 0 Å². The van der Waals surface area contributed by atoms with Gasteiger partial charge < -0.3 is 9.47 Å². The fraction of sp³-hybridized carbons (Fsp3) is 0.143. The SMILES string of the molecule is COc1ccc([C@@H]2O[C@H](c3ccccc3)c3ccccc3[C@@H]2c2ccccc2)cc1. The number of methoxy groups -OCH3 is 1. The smallest absolute Gasteiger partial charge is 0.118 e. The highest BCUT2D eigenvalue weighted by molar-refractivity contribution is 5.47. The molecule has 0 radical (unpaired) electrons. The minimum Gasteiger partial charge on any atom is -0.497 e. The molecule has 0 amide bonds. The summed E-state index contributed by atoms with van der Waals surface area (Å²) in [5.74, 6) is 0.974. The van der Waals surface area contributed by atoms with Crippen molar-refractivity contribution in [1.82, 2.24) is 0 Å². The average molecular weight is 392 g/mol. The van der Waals surface area contributed by atoms with Crippen molar-refractivity contribution in [2.24, 2.45) is 0 Å². The quantitative estimate of drug-likeness (QED) is 0.385. The Kier molecular flexibility index (Phi) is 5.08. The number of hydrogen-bond donors (Lipinski definition) is 0. The van der Waals surface area contributed by atoms with Crippen molar-refractivity contribution in [2.75, 3.05) is 7.11 Å². The maximum Gasteiger partial charge on any atom is 0.118 e. The van der Waals surface area contributed by atoms with Gasteiger partial charge in [-0.2, -0.15) is 0 Å². The molecule has 2 nitrogen and oxygen atoms in total. The van der Waals surface area contributed by atoms with E-state index in [4.69, 9.17) is 9.47 Å². The number of rotatable bonds is 4. The van der Waals surface area contributed by atoms with E-state index < -0.39 is 0 Å². The molecule has 0 aliphatic carbocycles. The Morgan fingerprint density at radius 3 is 1.77 bits per heavy atom. The molecule has 3 atom stereocenters. The summed E-state index contributed by atoms with van der Waals surface area (Å²) in [6, 6.07) is 38.1. The maximum atomic E-state index is 6.88. The summed E-state index contributed by atoms with van der Waals surface area (Å²) in [7, 11) is 1.70. The summed E-state index contributed by atoms with van der Waals surface area (Å²) in [6.45, 7) is 0. The molecule has 0 aromatic heterocycles. The van der Waals surface area contributed by atoms with Gasteiger partial charge >= 0.3 is 0 Å². The van der Waals surface area contributed by atoms with Gasteiger partial charge in [0, 0.05) is 5.92 Å². The zero-order valence-electron chi connectivity index (χ0n) is 16.9. The van der Waals surface area contributed by atoms with Gasteiger partial charge in [-0.15, -0.1) is 0 Å². The molecule has 30 heavy (non-hydrogen) atoms. The Morgan fingerprint density at radius 2 is 1.13 bits per heavy atom. The number of fused-ring (bicyclic) bond motifs is 1.